The van der Waals surface area contributed by atoms with Gasteiger partial charge in [0.05, 0.1) is 6.54 Å². The second kappa shape index (κ2) is 6.85. The minimum atomic E-state index is -1.08. The highest BCUT2D eigenvalue weighted by atomic mass is 28.3. The van der Waals surface area contributed by atoms with E-state index in [1.54, 1.807) is 12.4 Å². The third-order valence-electron chi connectivity index (χ3n) is 2.54. The standard InChI is InChI=1S/C15H18N2OSi/c1-19(2)18-15-6-4-3-5-14(15)12-17-11-13-7-9-16-10-8-13/h3-11,19H,12H2,1-2H3. The number of benzene rings is 1. The van der Waals surface area contributed by atoms with Crippen molar-refractivity contribution < 1.29 is 4.43 Å². The van der Waals surface area contributed by atoms with Gasteiger partial charge in [0.15, 0.2) is 0 Å². The highest BCUT2D eigenvalue weighted by Gasteiger charge is 2.04. The lowest BCUT2D eigenvalue weighted by Gasteiger charge is -2.12. The minimum Gasteiger partial charge on any atom is -0.547 e. The molecule has 1 aromatic heterocycles. The zero-order valence-electron chi connectivity index (χ0n) is 11.3. The van der Waals surface area contributed by atoms with Gasteiger partial charge in [0, 0.05) is 24.2 Å². The second-order valence-corrected chi connectivity index (χ2v) is 6.86. The lowest BCUT2D eigenvalue weighted by atomic mass is 10.2. The summed E-state index contributed by atoms with van der Waals surface area (Å²) in [5, 5.41) is 0. The summed E-state index contributed by atoms with van der Waals surface area (Å²) >= 11 is 0. The summed E-state index contributed by atoms with van der Waals surface area (Å²) < 4.78 is 5.90. The molecule has 2 rings (SSSR count). The van der Waals surface area contributed by atoms with E-state index in [2.05, 4.69) is 29.1 Å². The van der Waals surface area contributed by atoms with E-state index in [1.165, 1.54) is 0 Å². The van der Waals surface area contributed by atoms with Crippen LogP contribution in [0.5, 0.6) is 5.75 Å². The first-order chi connectivity index (χ1) is 9.25. The Labute approximate surface area is 115 Å². The van der Waals surface area contributed by atoms with Gasteiger partial charge in [-0.15, -0.1) is 0 Å². The average molecular weight is 270 g/mol. The average Bonchev–Trinajstić information content (AvgIpc) is 2.41. The van der Waals surface area contributed by atoms with E-state index in [0.717, 1.165) is 16.9 Å². The van der Waals surface area contributed by atoms with E-state index < -0.39 is 9.04 Å². The fraction of sp³-hybridized carbons (Fsp3) is 0.200. The van der Waals surface area contributed by atoms with Gasteiger partial charge in [-0.2, -0.15) is 0 Å². The second-order valence-electron chi connectivity index (χ2n) is 4.52. The summed E-state index contributed by atoms with van der Waals surface area (Å²) in [6, 6.07) is 12.0. The number of aromatic nitrogens is 1. The number of para-hydroxylation sites is 1. The van der Waals surface area contributed by atoms with E-state index in [1.807, 2.05) is 36.5 Å². The monoisotopic (exact) mass is 270 g/mol. The van der Waals surface area contributed by atoms with Crippen LogP contribution in [0, 0.1) is 0 Å². The van der Waals surface area contributed by atoms with E-state index in [-0.39, 0.29) is 0 Å². The molecule has 0 saturated heterocycles. The molecule has 3 nitrogen and oxygen atoms in total. The summed E-state index contributed by atoms with van der Waals surface area (Å²) in [4.78, 5) is 8.44. The van der Waals surface area contributed by atoms with Gasteiger partial charge in [0.1, 0.15) is 5.75 Å². The van der Waals surface area contributed by atoms with Gasteiger partial charge in [-0.25, -0.2) is 0 Å². The molecule has 1 heterocycles. The number of hydrogen-bond donors (Lipinski definition) is 0. The van der Waals surface area contributed by atoms with E-state index >= 15 is 0 Å². The Morgan fingerprint density at radius 3 is 2.63 bits per heavy atom. The van der Waals surface area contributed by atoms with Crippen molar-refractivity contribution in [2.24, 2.45) is 4.99 Å². The van der Waals surface area contributed by atoms with Crippen LogP contribution in [0.4, 0.5) is 0 Å². The SMILES string of the molecule is C[SiH](C)Oc1ccccc1CN=Cc1ccncc1. The molecule has 0 N–H and O–H groups in total. The molecule has 0 spiro atoms. The van der Waals surface area contributed by atoms with Crippen LogP contribution in [0.25, 0.3) is 0 Å². The van der Waals surface area contributed by atoms with Crippen molar-refractivity contribution >= 4 is 15.3 Å². The molecular formula is C15H18N2OSi. The van der Waals surface area contributed by atoms with Crippen molar-refractivity contribution in [3.8, 4) is 5.75 Å². The molecular weight excluding hydrogens is 252 g/mol. The summed E-state index contributed by atoms with van der Waals surface area (Å²) in [5.74, 6) is 0.969. The molecule has 0 amide bonds. The zero-order valence-corrected chi connectivity index (χ0v) is 12.4. The maximum Gasteiger partial charge on any atom is 0.229 e. The van der Waals surface area contributed by atoms with Crippen molar-refractivity contribution in [3.05, 3.63) is 59.9 Å². The van der Waals surface area contributed by atoms with E-state index in [4.69, 9.17) is 4.43 Å². The van der Waals surface area contributed by atoms with Crippen LogP contribution in [-0.2, 0) is 6.54 Å². The van der Waals surface area contributed by atoms with Crippen molar-refractivity contribution in [2.45, 2.75) is 19.6 Å². The van der Waals surface area contributed by atoms with Gasteiger partial charge >= 0.3 is 0 Å². The van der Waals surface area contributed by atoms with Crippen LogP contribution in [-0.4, -0.2) is 20.2 Å². The molecule has 19 heavy (non-hydrogen) atoms. The Morgan fingerprint density at radius 2 is 1.89 bits per heavy atom. The van der Waals surface area contributed by atoms with E-state index in [0.29, 0.717) is 6.54 Å². The molecule has 0 bridgehead atoms. The first kappa shape index (κ1) is 13.5. The quantitative estimate of drug-likeness (QED) is 0.618. The normalized spacial score (nSPS) is 11.1. The van der Waals surface area contributed by atoms with Gasteiger partial charge < -0.3 is 4.43 Å². The lowest BCUT2D eigenvalue weighted by Crippen LogP contribution is -2.12. The minimum absolute atomic E-state index is 0.639. The fourth-order valence-electron chi connectivity index (χ4n) is 1.70. The lowest BCUT2D eigenvalue weighted by molar-refractivity contribution is 0.572. The molecule has 0 atom stereocenters. The molecule has 0 saturated carbocycles. The number of aliphatic imine (C=N–C) groups is 1. The van der Waals surface area contributed by atoms with Gasteiger partial charge in [-0.1, -0.05) is 18.2 Å². The molecule has 2 aromatic rings. The highest BCUT2D eigenvalue weighted by Crippen LogP contribution is 2.19. The van der Waals surface area contributed by atoms with Gasteiger partial charge in [-0.3, -0.25) is 9.98 Å². The fourth-order valence-corrected chi connectivity index (χ4v) is 2.44. The van der Waals surface area contributed by atoms with Crippen LogP contribution >= 0.6 is 0 Å². The van der Waals surface area contributed by atoms with Crippen LogP contribution in [0.15, 0.2) is 53.8 Å². The number of rotatable bonds is 5. The molecule has 0 radical (unpaired) electrons. The Hall–Kier alpha value is -1.94. The van der Waals surface area contributed by atoms with Gasteiger partial charge in [0.2, 0.25) is 9.04 Å². The number of hydrogen-bond acceptors (Lipinski definition) is 3. The topological polar surface area (TPSA) is 34.5 Å². The maximum absolute atomic E-state index is 5.90. The van der Waals surface area contributed by atoms with Gasteiger partial charge in [0.25, 0.3) is 0 Å². The first-order valence-electron chi connectivity index (χ1n) is 6.40. The Balaban J connectivity index is 2.05. The number of nitrogens with zero attached hydrogens (tertiary/aromatic N) is 2. The molecule has 0 unspecified atom stereocenters. The number of pyridine rings is 1. The van der Waals surface area contributed by atoms with Crippen molar-refractivity contribution in [3.63, 3.8) is 0 Å². The summed E-state index contributed by atoms with van der Waals surface area (Å²) in [5.41, 5.74) is 2.20. The predicted octanol–water partition coefficient (Wildman–Crippen LogP) is 3.06. The Kier molecular flexibility index (Phi) is 4.86. The molecule has 0 aliphatic carbocycles. The van der Waals surface area contributed by atoms with Crippen molar-refractivity contribution in [1.29, 1.82) is 0 Å². The Morgan fingerprint density at radius 1 is 1.16 bits per heavy atom. The van der Waals surface area contributed by atoms with Crippen molar-refractivity contribution in [2.75, 3.05) is 0 Å². The summed E-state index contributed by atoms with van der Waals surface area (Å²) in [7, 11) is -1.08. The molecule has 0 aliphatic heterocycles. The summed E-state index contributed by atoms with van der Waals surface area (Å²) in [6.07, 6.45) is 5.40. The first-order valence-corrected chi connectivity index (χ1v) is 9.18. The largest absolute Gasteiger partial charge is 0.547 e. The Bertz CT molecular complexity index is 541. The highest BCUT2D eigenvalue weighted by molar-refractivity contribution is 6.49. The van der Waals surface area contributed by atoms with Crippen molar-refractivity contribution in [1.82, 2.24) is 4.98 Å². The van der Waals surface area contributed by atoms with Crippen LogP contribution in [0.3, 0.4) is 0 Å². The predicted molar refractivity (Wildman–Crippen MR) is 81.5 cm³/mol. The molecule has 4 heteroatoms. The molecule has 0 aliphatic rings. The van der Waals surface area contributed by atoms with Crippen LogP contribution < -0.4 is 4.43 Å². The molecule has 98 valence electrons. The maximum atomic E-state index is 5.90. The van der Waals surface area contributed by atoms with Crippen LogP contribution in [0.1, 0.15) is 11.1 Å². The van der Waals surface area contributed by atoms with E-state index in [9.17, 15) is 0 Å². The van der Waals surface area contributed by atoms with Gasteiger partial charge in [-0.05, 0) is 36.9 Å². The smallest absolute Gasteiger partial charge is 0.229 e. The van der Waals surface area contributed by atoms with Crippen LogP contribution in [0.2, 0.25) is 13.1 Å². The zero-order chi connectivity index (χ0) is 13.5. The molecule has 0 fully saturated rings. The molecule has 1 aromatic carbocycles. The third-order valence-corrected chi connectivity index (χ3v) is 3.27. The summed E-state index contributed by atoms with van der Waals surface area (Å²) in [6.45, 7) is 4.97. The third kappa shape index (κ3) is 4.33.